The zero-order valence-electron chi connectivity index (χ0n) is 63.3. The Hall–Kier alpha value is -18.2. The molecule has 0 fully saturated rings. The third kappa shape index (κ3) is 13.0. The van der Waals surface area contributed by atoms with Gasteiger partial charge in [0.25, 0.3) is 0 Å². The highest BCUT2D eigenvalue weighted by Gasteiger charge is 2.26. The molecule has 0 aliphatic heterocycles. The molecule has 0 N–H and O–H groups in total. The Morgan fingerprint density at radius 1 is 0.225 bits per heavy atom. The van der Waals surface area contributed by atoms with Crippen LogP contribution in [-0.2, 0) is 0 Å². The van der Waals surface area contributed by atoms with Crippen molar-refractivity contribution in [3.05, 3.63) is 390 Å². The summed E-state index contributed by atoms with van der Waals surface area (Å²) in [5.74, 6) is 2.74. The fourth-order valence-electron chi connectivity index (χ4n) is 16.0. The molecular formula is C104H54N16. The van der Waals surface area contributed by atoms with E-state index in [1.54, 1.807) is 54.6 Å². The van der Waals surface area contributed by atoms with E-state index in [0.717, 1.165) is 122 Å². The molecule has 15 aromatic carbocycles. The summed E-state index contributed by atoms with van der Waals surface area (Å²) in [5, 5.41) is 55.3. The molecule has 19 rings (SSSR count). The molecule has 0 saturated heterocycles. The first-order valence-corrected chi connectivity index (χ1v) is 38.1. The molecule has 0 atom stereocenters. The maximum absolute atomic E-state index is 10.7. The van der Waals surface area contributed by atoms with Crippen LogP contribution in [0.25, 0.3) is 205 Å². The van der Waals surface area contributed by atoms with Crippen LogP contribution in [0.4, 0.5) is 17.1 Å². The molecule has 120 heavy (non-hydrogen) atoms. The summed E-state index contributed by atoms with van der Waals surface area (Å²) in [6.45, 7) is 24.0. The molecule has 0 radical (unpaired) electrons. The molecule has 16 nitrogen and oxygen atoms in total. The number of nitrogens with zero attached hydrogens (tertiary/aromatic N) is 16. The normalized spacial score (nSPS) is 10.9. The van der Waals surface area contributed by atoms with Crippen molar-refractivity contribution in [2.24, 2.45) is 0 Å². The van der Waals surface area contributed by atoms with Crippen molar-refractivity contribution in [2.45, 2.75) is 0 Å². The molecule has 0 amide bonds. The van der Waals surface area contributed by atoms with Gasteiger partial charge >= 0.3 is 0 Å². The smallest absolute Gasteiger partial charge is 0.196 e. The average Bonchev–Trinajstić information content (AvgIpc) is 1.55. The predicted octanol–water partition coefficient (Wildman–Crippen LogP) is 25.3. The van der Waals surface area contributed by atoms with Crippen LogP contribution in [0.15, 0.2) is 328 Å². The minimum atomic E-state index is 0.320. The van der Waals surface area contributed by atoms with Gasteiger partial charge in [0.2, 0.25) is 0 Å². The van der Waals surface area contributed by atoms with Crippen molar-refractivity contribution in [1.82, 2.24) is 39.0 Å². The number of rotatable bonds is 14. The van der Waals surface area contributed by atoms with E-state index >= 15 is 0 Å². The molecule has 4 heterocycles. The summed E-state index contributed by atoms with van der Waals surface area (Å²) in [6.07, 6.45) is 0. The number of fused-ring (bicyclic) bond motifs is 6. The number of hydrogen-bond acceptors (Lipinski definition) is 11. The molecule has 16 heteroatoms. The molecule has 0 bridgehead atoms. The van der Waals surface area contributed by atoms with Crippen molar-refractivity contribution in [3.8, 4) is 177 Å². The Morgan fingerprint density at radius 2 is 0.525 bits per heavy atom. The summed E-state index contributed by atoms with van der Waals surface area (Å²) >= 11 is 0. The lowest BCUT2D eigenvalue weighted by Crippen LogP contribution is -2.02. The van der Waals surface area contributed by atoms with Gasteiger partial charge in [-0.25, -0.2) is 44.4 Å². The van der Waals surface area contributed by atoms with Gasteiger partial charge in [-0.1, -0.05) is 200 Å². The third-order valence-corrected chi connectivity index (χ3v) is 21.7. The van der Waals surface area contributed by atoms with Gasteiger partial charge in [0.1, 0.15) is 0 Å². The highest BCUT2D eigenvalue weighted by molar-refractivity contribution is 6.14. The van der Waals surface area contributed by atoms with Crippen LogP contribution >= 0.6 is 0 Å². The SMILES string of the molecule is [C-]#[N+]c1ccc(-c2ccc3c(c2)c2cc(-c4ccc(C#N)cc4C#N)ccc2n3-c2ccc(-c3nc(-c4ccccc4)nc(-c4ccccc4)n3)cc2-c2cccc(-c3cc(-c4nc(-c5ccccc5)nc(-c5ccccc5)n4)ccc3-n3c4ccc(-c5ccc([N+]#[C-])cc5C#N)cc4c4cc(-c5ccc(C#N)cc5[N+]#[C-])ccc43)c2)c(C#N)c1. The van der Waals surface area contributed by atoms with Gasteiger partial charge in [0.15, 0.2) is 52.0 Å². The van der Waals surface area contributed by atoms with E-state index < -0.39 is 0 Å². The maximum Gasteiger partial charge on any atom is 0.196 e. The van der Waals surface area contributed by atoms with E-state index in [9.17, 15) is 26.3 Å². The minimum Gasteiger partial charge on any atom is -0.309 e. The van der Waals surface area contributed by atoms with Crippen molar-refractivity contribution >= 4 is 60.7 Å². The fourth-order valence-corrected chi connectivity index (χ4v) is 16.0. The molecule has 0 unspecified atom stereocenters. The van der Waals surface area contributed by atoms with Gasteiger partial charge in [0.05, 0.1) is 94.6 Å². The first-order valence-electron chi connectivity index (χ1n) is 38.1. The summed E-state index contributed by atoms with van der Waals surface area (Å²) < 4.78 is 4.47. The molecule has 0 aliphatic carbocycles. The first kappa shape index (κ1) is 72.1. The monoisotopic (exact) mass is 1530 g/mol. The largest absolute Gasteiger partial charge is 0.309 e. The van der Waals surface area contributed by atoms with Gasteiger partial charge < -0.3 is 9.13 Å². The summed E-state index contributed by atoms with van der Waals surface area (Å²) in [5.41, 5.74) is 20.6. The lowest BCUT2D eigenvalue weighted by atomic mass is 9.94. The molecule has 19 aromatic rings. The lowest BCUT2D eigenvalue weighted by molar-refractivity contribution is 1.07. The number of aromatic nitrogens is 8. The average molecular weight is 1530 g/mol. The number of nitriles is 5. The van der Waals surface area contributed by atoms with Crippen LogP contribution in [-0.4, -0.2) is 39.0 Å². The van der Waals surface area contributed by atoms with Gasteiger partial charge in [-0.05, 0) is 183 Å². The second-order valence-corrected chi connectivity index (χ2v) is 28.6. The maximum atomic E-state index is 10.7. The van der Waals surface area contributed by atoms with Crippen LogP contribution in [0.2, 0.25) is 0 Å². The summed E-state index contributed by atoms with van der Waals surface area (Å²) in [7, 11) is 0. The minimum absolute atomic E-state index is 0.320. The molecule has 550 valence electrons. The Labute approximate surface area is 688 Å². The zero-order chi connectivity index (χ0) is 81.5. The lowest BCUT2D eigenvalue weighted by Gasteiger charge is -2.19. The first-order chi connectivity index (χ1) is 59.1. The van der Waals surface area contributed by atoms with E-state index in [-0.39, 0.29) is 0 Å². The highest BCUT2D eigenvalue weighted by Crippen LogP contribution is 2.47. The number of hydrogen-bond donors (Lipinski definition) is 0. The van der Waals surface area contributed by atoms with Crippen molar-refractivity contribution in [3.63, 3.8) is 0 Å². The quantitative estimate of drug-likeness (QED) is 0.0932. The Morgan fingerprint density at radius 3 is 0.867 bits per heavy atom. The van der Waals surface area contributed by atoms with Crippen LogP contribution in [0.3, 0.4) is 0 Å². The van der Waals surface area contributed by atoms with Gasteiger partial charge in [-0.3, -0.25) is 0 Å². The van der Waals surface area contributed by atoms with Crippen LogP contribution in [0, 0.1) is 76.4 Å². The second-order valence-electron chi connectivity index (χ2n) is 28.6. The molecule has 4 aromatic heterocycles. The predicted molar refractivity (Wildman–Crippen MR) is 469 cm³/mol. The molecule has 0 spiro atoms. The van der Waals surface area contributed by atoms with Crippen molar-refractivity contribution in [2.75, 3.05) is 0 Å². The highest BCUT2D eigenvalue weighted by atomic mass is 15.1. The van der Waals surface area contributed by atoms with Crippen LogP contribution < -0.4 is 0 Å². The van der Waals surface area contributed by atoms with Crippen molar-refractivity contribution < 1.29 is 0 Å². The van der Waals surface area contributed by atoms with E-state index in [0.29, 0.717) is 113 Å². The van der Waals surface area contributed by atoms with E-state index in [1.165, 1.54) is 0 Å². The van der Waals surface area contributed by atoms with E-state index in [1.807, 2.05) is 176 Å². The molecular weight excluding hydrogens is 1470 g/mol. The van der Waals surface area contributed by atoms with Gasteiger partial charge in [-0.15, -0.1) is 0 Å². The Bertz CT molecular complexity index is 7040. The van der Waals surface area contributed by atoms with E-state index in [4.69, 9.17) is 49.6 Å². The zero-order valence-corrected chi connectivity index (χ0v) is 63.3. The van der Waals surface area contributed by atoms with Crippen LogP contribution in [0.1, 0.15) is 27.8 Å². The van der Waals surface area contributed by atoms with E-state index in [2.05, 4.69) is 151 Å². The second kappa shape index (κ2) is 30.4. The molecule has 0 saturated carbocycles. The summed E-state index contributed by atoms with van der Waals surface area (Å²) in [4.78, 5) is 42.6. The van der Waals surface area contributed by atoms with Crippen molar-refractivity contribution in [1.29, 1.82) is 26.3 Å². The fraction of sp³-hybridized carbons (Fsp3) is 0. The molecule has 0 aliphatic rings. The van der Waals surface area contributed by atoms with Crippen LogP contribution in [0.5, 0.6) is 0 Å². The Balaban J connectivity index is 0.893. The third-order valence-electron chi connectivity index (χ3n) is 21.7. The Kier molecular flexibility index (Phi) is 18.3. The number of benzene rings is 15. The summed E-state index contributed by atoms with van der Waals surface area (Å²) in [6, 6.07) is 117. The van der Waals surface area contributed by atoms with Gasteiger partial charge in [0, 0.05) is 82.7 Å². The topological polar surface area (TPSA) is 219 Å². The van der Waals surface area contributed by atoms with Gasteiger partial charge in [-0.2, -0.15) is 26.3 Å². The standard InChI is InChI=1S/C104H54N16/c1-110-80-35-39-83(78(50-80)61-108)72-30-42-96-89(53-72)88-52-71(82-37-27-63(58-105)47-77(82)60-107)29-41-95(88)119(96)93-45-33-75(103-115-99(65-17-8-4-9-18-65)113-100(116-103)66-19-10-5-11-20-66)56-86(93)69-25-16-26-70(49-69)87-57-76(104-117-101(67-21-12-6-13-22-67)114-102(118-104)68-23-14-7-15-24-68)34-46-94(87)120-97-43-31-73(84-40-36-81(111-2)51-79(84)62-109)54-90(97)91-55-74(32-44-98(91)120)85-38-28-64(59-106)48-92(85)112-3/h4-57H.